The quantitative estimate of drug-likeness (QED) is 0.848. The average molecular weight is 290 g/mol. The zero-order valence-electron chi connectivity index (χ0n) is 13.0. The number of amides is 1. The lowest BCUT2D eigenvalue weighted by atomic mass is 9.89. The van der Waals surface area contributed by atoms with Crippen molar-refractivity contribution in [1.29, 1.82) is 0 Å². The zero-order chi connectivity index (χ0) is 15.2. The van der Waals surface area contributed by atoms with Gasteiger partial charge in [0.2, 0.25) is 5.91 Å². The first-order chi connectivity index (χ1) is 10.1. The van der Waals surface area contributed by atoms with Gasteiger partial charge in [-0.25, -0.2) is 0 Å². The third-order valence-electron chi connectivity index (χ3n) is 4.28. The van der Waals surface area contributed by atoms with E-state index < -0.39 is 0 Å². The molecule has 0 aliphatic carbocycles. The Balaban J connectivity index is 1.81. The van der Waals surface area contributed by atoms with Gasteiger partial charge in [-0.05, 0) is 36.8 Å². The fourth-order valence-electron chi connectivity index (χ4n) is 2.84. The van der Waals surface area contributed by atoms with Crippen LogP contribution in [0.2, 0.25) is 0 Å². The van der Waals surface area contributed by atoms with E-state index in [9.17, 15) is 4.79 Å². The summed E-state index contributed by atoms with van der Waals surface area (Å²) < 4.78 is 5.68. The van der Waals surface area contributed by atoms with E-state index in [2.05, 4.69) is 13.8 Å². The van der Waals surface area contributed by atoms with Gasteiger partial charge in [-0.1, -0.05) is 19.9 Å². The molecular formula is C17H26N2O2. The third kappa shape index (κ3) is 4.66. The van der Waals surface area contributed by atoms with Crippen LogP contribution in [0.3, 0.4) is 0 Å². The van der Waals surface area contributed by atoms with E-state index in [0.29, 0.717) is 37.1 Å². The predicted molar refractivity (Wildman–Crippen MR) is 85.1 cm³/mol. The largest absolute Gasteiger partial charge is 0.492 e. The maximum absolute atomic E-state index is 12.1. The lowest BCUT2D eigenvalue weighted by Crippen LogP contribution is -2.34. The minimum atomic E-state index is 0.259. The second-order valence-corrected chi connectivity index (χ2v) is 6.13. The van der Waals surface area contributed by atoms with Crippen molar-refractivity contribution in [3.63, 3.8) is 0 Å². The summed E-state index contributed by atoms with van der Waals surface area (Å²) in [5, 5.41) is 0. The highest BCUT2D eigenvalue weighted by atomic mass is 16.5. The molecule has 21 heavy (non-hydrogen) atoms. The van der Waals surface area contributed by atoms with Gasteiger partial charge in [-0.15, -0.1) is 0 Å². The number of likely N-dealkylation sites (tertiary alicyclic amines) is 1. The van der Waals surface area contributed by atoms with Gasteiger partial charge in [-0.2, -0.15) is 0 Å². The smallest absolute Gasteiger partial charge is 0.222 e. The van der Waals surface area contributed by atoms with Crippen LogP contribution in [-0.2, 0) is 4.79 Å². The number of nitrogens with two attached hydrogens (primary N) is 1. The van der Waals surface area contributed by atoms with Crippen molar-refractivity contribution in [2.45, 2.75) is 33.1 Å². The molecule has 116 valence electrons. The molecule has 0 saturated carbocycles. The Morgan fingerprint density at radius 3 is 2.90 bits per heavy atom. The summed E-state index contributed by atoms with van der Waals surface area (Å²) in [7, 11) is 0. The molecule has 2 N–H and O–H groups in total. The van der Waals surface area contributed by atoms with Gasteiger partial charge in [0.25, 0.3) is 0 Å². The van der Waals surface area contributed by atoms with Crippen LogP contribution in [0.1, 0.15) is 33.1 Å². The van der Waals surface area contributed by atoms with Gasteiger partial charge in [-0.3, -0.25) is 4.79 Å². The molecule has 1 aromatic carbocycles. The summed E-state index contributed by atoms with van der Waals surface area (Å²) in [4.78, 5) is 14.1. The number of benzene rings is 1. The highest BCUT2D eigenvalue weighted by Crippen LogP contribution is 2.25. The maximum Gasteiger partial charge on any atom is 0.222 e. The number of nitrogens with zero attached hydrogens (tertiary/aromatic N) is 1. The molecule has 0 bridgehead atoms. The van der Waals surface area contributed by atoms with Crippen LogP contribution in [0.4, 0.5) is 5.69 Å². The van der Waals surface area contributed by atoms with E-state index in [1.54, 1.807) is 6.07 Å². The lowest BCUT2D eigenvalue weighted by Gasteiger charge is -2.21. The summed E-state index contributed by atoms with van der Waals surface area (Å²) in [6, 6.07) is 7.39. The summed E-state index contributed by atoms with van der Waals surface area (Å²) >= 11 is 0. The van der Waals surface area contributed by atoms with Crippen molar-refractivity contribution in [2.75, 3.05) is 25.4 Å². The van der Waals surface area contributed by atoms with E-state index in [4.69, 9.17) is 10.5 Å². The first-order valence-corrected chi connectivity index (χ1v) is 7.82. The van der Waals surface area contributed by atoms with E-state index in [1.807, 2.05) is 23.1 Å². The standard InChI is InChI=1S/C17H26N2O2/c1-13(2)14-6-7-17(20)19(9-8-14)10-11-21-16-5-3-4-15(18)12-16/h3-5,12-14H,6-11,18H2,1-2H3. The number of rotatable bonds is 5. The molecule has 1 aliphatic heterocycles. The Hall–Kier alpha value is -1.71. The predicted octanol–water partition coefficient (Wildman–Crippen LogP) is 2.93. The van der Waals surface area contributed by atoms with Gasteiger partial charge in [0.15, 0.2) is 0 Å². The molecule has 4 heteroatoms. The molecule has 1 atom stereocenters. The van der Waals surface area contributed by atoms with E-state index >= 15 is 0 Å². The van der Waals surface area contributed by atoms with Crippen molar-refractivity contribution in [3.8, 4) is 5.75 Å². The number of nitrogen functional groups attached to an aromatic ring is 1. The fourth-order valence-corrected chi connectivity index (χ4v) is 2.84. The molecule has 1 aromatic rings. The number of hydrogen-bond donors (Lipinski definition) is 1. The molecule has 1 amide bonds. The Bertz CT molecular complexity index is 474. The van der Waals surface area contributed by atoms with Crippen molar-refractivity contribution in [1.82, 2.24) is 4.90 Å². The average Bonchev–Trinajstić information content (AvgIpc) is 2.62. The molecule has 1 heterocycles. The Morgan fingerprint density at radius 1 is 1.38 bits per heavy atom. The van der Waals surface area contributed by atoms with Gasteiger partial charge in [0.05, 0.1) is 6.54 Å². The molecule has 0 aromatic heterocycles. The SMILES string of the molecule is CC(C)C1CCC(=O)N(CCOc2cccc(N)c2)CC1. The summed E-state index contributed by atoms with van der Waals surface area (Å²) in [6.45, 7) is 6.50. The minimum Gasteiger partial charge on any atom is -0.492 e. The second kappa shape index (κ2) is 7.34. The first kappa shape index (κ1) is 15.7. The summed E-state index contributed by atoms with van der Waals surface area (Å²) in [6.07, 6.45) is 2.78. The van der Waals surface area contributed by atoms with Gasteiger partial charge in [0.1, 0.15) is 12.4 Å². The van der Waals surface area contributed by atoms with Crippen LogP contribution < -0.4 is 10.5 Å². The molecule has 1 unspecified atom stereocenters. The number of carbonyl (C=O) groups is 1. The molecule has 4 nitrogen and oxygen atoms in total. The molecule has 1 fully saturated rings. The van der Waals surface area contributed by atoms with Crippen molar-refractivity contribution < 1.29 is 9.53 Å². The molecule has 2 rings (SSSR count). The van der Waals surface area contributed by atoms with Crippen LogP contribution in [-0.4, -0.2) is 30.5 Å². The molecule has 1 saturated heterocycles. The number of anilines is 1. The van der Waals surface area contributed by atoms with Crippen molar-refractivity contribution in [3.05, 3.63) is 24.3 Å². The Kier molecular flexibility index (Phi) is 5.48. The van der Waals surface area contributed by atoms with Gasteiger partial charge >= 0.3 is 0 Å². The monoisotopic (exact) mass is 290 g/mol. The second-order valence-electron chi connectivity index (χ2n) is 6.13. The highest BCUT2D eigenvalue weighted by Gasteiger charge is 2.23. The number of ether oxygens (including phenoxy) is 1. The number of carbonyl (C=O) groups excluding carboxylic acids is 1. The first-order valence-electron chi connectivity index (χ1n) is 7.82. The summed E-state index contributed by atoms with van der Waals surface area (Å²) in [5.41, 5.74) is 6.41. The van der Waals surface area contributed by atoms with E-state index in [-0.39, 0.29) is 5.91 Å². The topological polar surface area (TPSA) is 55.6 Å². The van der Waals surface area contributed by atoms with Crippen LogP contribution in [0, 0.1) is 11.8 Å². The van der Waals surface area contributed by atoms with Crippen molar-refractivity contribution >= 4 is 11.6 Å². The molecular weight excluding hydrogens is 264 g/mol. The van der Waals surface area contributed by atoms with Crippen LogP contribution in [0.15, 0.2) is 24.3 Å². The van der Waals surface area contributed by atoms with Crippen LogP contribution in [0.25, 0.3) is 0 Å². The molecule has 0 radical (unpaired) electrons. The highest BCUT2D eigenvalue weighted by molar-refractivity contribution is 5.76. The van der Waals surface area contributed by atoms with E-state index in [0.717, 1.165) is 25.1 Å². The maximum atomic E-state index is 12.1. The number of hydrogen-bond acceptors (Lipinski definition) is 3. The molecule has 0 spiro atoms. The van der Waals surface area contributed by atoms with Crippen molar-refractivity contribution in [2.24, 2.45) is 11.8 Å². The van der Waals surface area contributed by atoms with Crippen LogP contribution >= 0.6 is 0 Å². The van der Waals surface area contributed by atoms with Crippen LogP contribution in [0.5, 0.6) is 5.75 Å². The normalized spacial score (nSPS) is 19.7. The van der Waals surface area contributed by atoms with Gasteiger partial charge < -0.3 is 15.4 Å². The fraction of sp³-hybridized carbons (Fsp3) is 0.588. The Morgan fingerprint density at radius 2 is 2.19 bits per heavy atom. The van der Waals surface area contributed by atoms with E-state index in [1.165, 1.54) is 0 Å². The lowest BCUT2D eigenvalue weighted by molar-refractivity contribution is -0.131. The molecule has 1 aliphatic rings. The van der Waals surface area contributed by atoms with Gasteiger partial charge in [0, 0.05) is 24.7 Å². The zero-order valence-corrected chi connectivity index (χ0v) is 13.0. The summed E-state index contributed by atoms with van der Waals surface area (Å²) in [5.74, 6) is 2.33. The minimum absolute atomic E-state index is 0.259. The Labute approximate surface area is 127 Å². The third-order valence-corrected chi connectivity index (χ3v) is 4.28.